The van der Waals surface area contributed by atoms with Crippen LogP contribution in [0.5, 0.6) is 0 Å². The van der Waals surface area contributed by atoms with Gasteiger partial charge in [0.05, 0.1) is 15.5 Å². The molecule has 21 heavy (non-hydrogen) atoms. The maximum Gasteiger partial charge on any atom is 0.240 e. The molecule has 0 amide bonds. The number of benzene rings is 1. The third-order valence-corrected chi connectivity index (χ3v) is 4.74. The van der Waals surface area contributed by atoms with E-state index in [0.29, 0.717) is 0 Å². The van der Waals surface area contributed by atoms with Crippen molar-refractivity contribution in [3.05, 3.63) is 40.4 Å². The van der Waals surface area contributed by atoms with Crippen molar-refractivity contribution in [2.75, 3.05) is 19.6 Å². The normalized spacial score (nSPS) is 14.8. The summed E-state index contributed by atoms with van der Waals surface area (Å²) in [6.45, 7) is 1.90. The van der Waals surface area contributed by atoms with E-state index >= 15 is 0 Å². The highest BCUT2D eigenvalue weighted by molar-refractivity contribution is 7.89. The van der Waals surface area contributed by atoms with Gasteiger partial charge < -0.3 is 5.32 Å². The Labute approximate surface area is 135 Å². The molecule has 8 heteroatoms. The van der Waals surface area contributed by atoms with E-state index in [1.54, 1.807) is 0 Å². The average molecular weight is 348 g/mol. The number of hydrogen-bond acceptors (Lipinski definition) is 4. The number of rotatable bonds is 4. The van der Waals surface area contributed by atoms with Crippen molar-refractivity contribution in [3.8, 4) is 6.07 Å². The lowest BCUT2D eigenvalue weighted by Crippen LogP contribution is -2.29. The fourth-order valence-electron chi connectivity index (χ4n) is 1.86. The summed E-state index contributed by atoms with van der Waals surface area (Å²) in [5, 5.41) is 12.3. The van der Waals surface area contributed by atoms with Crippen molar-refractivity contribution >= 4 is 34.0 Å². The summed E-state index contributed by atoms with van der Waals surface area (Å²) in [5.41, 5.74) is 1.21. The van der Waals surface area contributed by atoms with E-state index < -0.39 is 10.0 Å². The number of nitrogens with one attached hydrogen (secondary N) is 2. The van der Waals surface area contributed by atoms with Crippen LogP contribution < -0.4 is 10.0 Å². The Morgan fingerprint density at radius 1 is 1.43 bits per heavy atom. The molecule has 1 aromatic carbocycles. The van der Waals surface area contributed by atoms with Crippen LogP contribution in [0, 0.1) is 11.3 Å². The number of nitriles is 1. The van der Waals surface area contributed by atoms with E-state index in [-0.39, 0.29) is 34.4 Å². The zero-order chi connectivity index (χ0) is 14.6. The first-order valence-electron chi connectivity index (χ1n) is 6.11. The van der Waals surface area contributed by atoms with Gasteiger partial charge in [-0.2, -0.15) is 5.26 Å². The SMILES string of the molecule is Cl.N#Cc1cc(S(=O)(=O)NCC2=CCNCC2)ccc1Cl. The maximum atomic E-state index is 12.1. The molecule has 1 aliphatic rings. The zero-order valence-electron chi connectivity index (χ0n) is 11.1. The van der Waals surface area contributed by atoms with Crippen LogP contribution in [0.3, 0.4) is 0 Å². The smallest absolute Gasteiger partial charge is 0.240 e. The fourth-order valence-corrected chi connectivity index (χ4v) is 3.08. The van der Waals surface area contributed by atoms with Gasteiger partial charge in [-0.3, -0.25) is 0 Å². The van der Waals surface area contributed by atoms with E-state index in [4.69, 9.17) is 16.9 Å². The van der Waals surface area contributed by atoms with E-state index in [2.05, 4.69) is 10.0 Å². The van der Waals surface area contributed by atoms with Crippen molar-refractivity contribution < 1.29 is 8.42 Å². The molecule has 1 aliphatic heterocycles. The first-order valence-corrected chi connectivity index (χ1v) is 7.97. The van der Waals surface area contributed by atoms with Gasteiger partial charge in [-0.1, -0.05) is 23.3 Å². The van der Waals surface area contributed by atoms with Crippen molar-refractivity contribution in [2.45, 2.75) is 11.3 Å². The van der Waals surface area contributed by atoms with E-state index in [1.807, 2.05) is 12.1 Å². The fraction of sp³-hybridized carbons (Fsp3) is 0.308. The zero-order valence-corrected chi connectivity index (χ0v) is 13.5. The Kier molecular flexibility index (Phi) is 6.65. The van der Waals surface area contributed by atoms with Crippen LogP contribution in [0.4, 0.5) is 0 Å². The van der Waals surface area contributed by atoms with Crippen LogP contribution in [0.15, 0.2) is 34.7 Å². The molecule has 0 unspecified atom stereocenters. The number of nitrogens with zero attached hydrogens (tertiary/aromatic N) is 1. The predicted molar refractivity (Wildman–Crippen MR) is 84.2 cm³/mol. The molecule has 5 nitrogen and oxygen atoms in total. The van der Waals surface area contributed by atoms with Gasteiger partial charge in [0.15, 0.2) is 0 Å². The minimum Gasteiger partial charge on any atom is -0.313 e. The Balaban J connectivity index is 0.00000220. The summed E-state index contributed by atoms with van der Waals surface area (Å²) in [6, 6.07) is 5.95. The Bertz CT molecular complexity index is 681. The van der Waals surface area contributed by atoms with E-state index in [0.717, 1.165) is 25.1 Å². The summed E-state index contributed by atoms with van der Waals surface area (Å²) in [5.74, 6) is 0. The molecular weight excluding hydrogens is 333 g/mol. The predicted octanol–water partition coefficient (Wildman–Crippen LogP) is 1.83. The van der Waals surface area contributed by atoms with Crippen LogP contribution in [0.1, 0.15) is 12.0 Å². The highest BCUT2D eigenvalue weighted by Crippen LogP contribution is 2.19. The monoisotopic (exact) mass is 347 g/mol. The van der Waals surface area contributed by atoms with Crippen LogP contribution >= 0.6 is 24.0 Å². The second-order valence-corrected chi connectivity index (χ2v) is 6.57. The van der Waals surface area contributed by atoms with Crippen LogP contribution in [0.25, 0.3) is 0 Å². The topological polar surface area (TPSA) is 82.0 Å². The Morgan fingerprint density at radius 2 is 2.19 bits per heavy atom. The summed E-state index contributed by atoms with van der Waals surface area (Å²) < 4.78 is 26.8. The van der Waals surface area contributed by atoms with Crippen molar-refractivity contribution in [3.63, 3.8) is 0 Å². The highest BCUT2D eigenvalue weighted by atomic mass is 35.5. The molecule has 0 radical (unpaired) electrons. The Hall–Kier alpha value is -1.10. The molecular formula is C13H15Cl2N3O2S. The number of sulfonamides is 1. The van der Waals surface area contributed by atoms with Gasteiger partial charge in [0.2, 0.25) is 10.0 Å². The molecule has 1 aromatic rings. The van der Waals surface area contributed by atoms with Crippen molar-refractivity contribution in [2.24, 2.45) is 0 Å². The van der Waals surface area contributed by atoms with Gasteiger partial charge in [0, 0.05) is 13.1 Å². The molecule has 0 saturated carbocycles. The lowest BCUT2D eigenvalue weighted by molar-refractivity contribution is 0.582. The van der Waals surface area contributed by atoms with E-state index in [1.165, 1.54) is 18.2 Å². The van der Waals surface area contributed by atoms with Gasteiger partial charge in [-0.15, -0.1) is 12.4 Å². The lowest BCUT2D eigenvalue weighted by Gasteiger charge is -2.14. The third kappa shape index (κ3) is 4.70. The number of halogens is 2. The van der Waals surface area contributed by atoms with E-state index in [9.17, 15) is 8.42 Å². The molecule has 0 atom stereocenters. The minimum atomic E-state index is -3.63. The molecule has 0 aliphatic carbocycles. The Morgan fingerprint density at radius 3 is 2.81 bits per heavy atom. The van der Waals surface area contributed by atoms with Gasteiger partial charge in [-0.05, 0) is 31.2 Å². The molecule has 0 fully saturated rings. The molecule has 0 bridgehead atoms. The molecule has 0 saturated heterocycles. The maximum absolute atomic E-state index is 12.1. The lowest BCUT2D eigenvalue weighted by atomic mass is 10.1. The van der Waals surface area contributed by atoms with Crippen molar-refractivity contribution in [1.82, 2.24) is 10.0 Å². The molecule has 0 aromatic heterocycles. The first-order chi connectivity index (χ1) is 9.53. The van der Waals surface area contributed by atoms with Crippen molar-refractivity contribution in [1.29, 1.82) is 5.26 Å². The summed E-state index contributed by atoms with van der Waals surface area (Å²) in [4.78, 5) is 0.0491. The van der Waals surface area contributed by atoms with Gasteiger partial charge in [0.25, 0.3) is 0 Å². The second-order valence-electron chi connectivity index (χ2n) is 4.39. The number of hydrogen-bond donors (Lipinski definition) is 2. The van der Waals surface area contributed by atoms with Gasteiger partial charge >= 0.3 is 0 Å². The molecule has 114 valence electrons. The third-order valence-electron chi connectivity index (χ3n) is 3.02. The summed E-state index contributed by atoms with van der Waals surface area (Å²) >= 11 is 5.79. The standard InChI is InChI=1S/C13H14ClN3O2S.ClH/c14-13-2-1-12(7-11(13)8-15)20(18,19)17-9-10-3-5-16-6-4-10;/h1-3,7,16-17H,4-6,9H2;1H. The van der Waals surface area contributed by atoms with Gasteiger partial charge in [0.1, 0.15) is 6.07 Å². The van der Waals surface area contributed by atoms with Crippen LogP contribution in [-0.2, 0) is 10.0 Å². The van der Waals surface area contributed by atoms with Gasteiger partial charge in [-0.25, -0.2) is 13.1 Å². The molecule has 2 rings (SSSR count). The summed E-state index contributed by atoms with van der Waals surface area (Å²) in [6.07, 6.45) is 2.81. The second kappa shape index (κ2) is 7.78. The molecule has 2 N–H and O–H groups in total. The van der Waals surface area contributed by atoms with Crippen LogP contribution in [-0.4, -0.2) is 28.1 Å². The minimum absolute atomic E-state index is 0. The summed E-state index contributed by atoms with van der Waals surface area (Å²) in [7, 11) is -3.63. The average Bonchev–Trinajstić information content (AvgIpc) is 2.46. The highest BCUT2D eigenvalue weighted by Gasteiger charge is 2.16. The molecule has 0 spiro atoms. The van der Waals surface area contributed by atoms with Crippen LogP contribution in [0.2, 0.25) is 5.02 Å². The molecule has 1 heterocycles. The quantitative estimate of drug-likeness (QED) is 0.814. The first kappa shape index (κ1) is 18.0. The largest absolute Gasteiger partial charge is 0.313 e.